The van der Waals surface area contributed by atoms with Crippen LogP contribution in [0.3, 0.4) is 0 Å². The van der Waals surface area contributed by atoms with E-state index in [1.807, 2.05) is 24.4 Å². The highest BCUT2D eigenvalue weighted by atomic mass is 16.6. The number of amides is 1. The molecule has 0 aliphatic heterocycles. The summed E-state index contributed by atoms with van der Waals surface area (Å²) < 4.78 is 1.77. The molecule has 0 fully saturated rings. The zero-order valence-electron chi connectivity index (χ0n) is 13.9. The second kappa shape index (κ2) is 8.02. The Bertz CT molecular complexity index is 891. The zero-order chi connectivity index (χ0) is 18.4. The topological polar surface area (TPSA) is 103 Å². The summed E-state index contributed by atoms with van der Waals surface area (Å²) in [5.74, 6) is -0.139. The Kier molecular flexibility index (Phi) is 5.33. The molecule has 1 N–H and O–H groups in total. The maximum atomic E-state index is 12.0. The molecule has 0 aliphatic carbocycles. The van der Waals surface area contributed by atoms with Crippen LogP contribution in [0.5, 0.6) is 0 Å². The highest BCUT2D eigenvalue weighted by Gasteiger charge is 2.07. The van der Waals surface area contributed by atoms with Crippen molar-refractivity contribution in [1.29, 1.82) is 0 Å². The lowest BCUT2D eigenvalue weighted by Gasteiger charge is -2.06. The minimum Gasteiger partial charge on any atom is -0.354 e. The third-order valence-corrected chi connectivity index (χ3v) is 3.79. The van der Waals surface area contributed by atoms with E-state index in [0.717, 1.165) is 16.8 Å². The summed E-state index contributed by atoms with van der Waals surface area (Å²) in [6, 6.07) is 11.7. The first-order chi connectivity index (χ1) is 12.6. The maximum Gasteiger partial charge on any atom is 0.269 e. The van der Waals surface area contributed by atoms with E-state index in [0.29, 0.717) is 13.1 Å². The predicted molar refractivity (Wildman–Crippen MR) is 95.3 cm³/mol. The standard InChI is InChI=1S/C18H17N5O3/c24-18(13-14-1-3-16(4-2-14)23(25)26)20-10-12-22-11-7-17(21-22)15-5-8-19-9-6-15/h1-9,11H,10,12-13H2,(H,20,24). The lowest BCUT2D eigenvalue weighted by atomic mass is 10.1. The highest BCUT2D eigenvalue weighted by molar-refractivity contribution is 5.78. The van der Waals surface area contributed by atoms with Gasteiger partial charge in [-0.15, -0.1) is 0 Å². The van der Waals surface area contributed by atoms with Gasteiger partial charge < -0.3 is 5.32 Å². The van der Waals surface area contributed by atoms with Crippen LogP contribution < -0.4 is 5.32 Å². The maximum absolute atomic E-state index is 12.0. The molecular formula is C18H17N5O3. The largest absolute Gasteiger partial charge is 0.354 e. The fourth-order valence-electron chi connectivity index (χ4n) is 2.46. The minimum absolute atomic E-state index is 0.0119. The Hall–Kier alpha value is -3.55. The number of aromatic nitrogens is 3. The van der Waals surface area contributed by atoms with Gasteiger partial charge in [-0.25, -0.2) is 0 Å². The van der Waals surface area contributed by atoms with Crippen LogP contribution in [0.15, 0.2) is 61.1 Å². The number of nitrogens with zero attached hydrogens (tertiary/aromatic N) is 4. The molecule has 0 spiro atoms. The molecule has 0 saturated heterocycles. The first-order valence-electron chi connectivity index (χ1n) is 8.06. The van der Waals surface area contributed by atoms with E-state index in [9.17, 15) is 14.9 Å². The molecule has 0 unspecified atom stereocenters. The van der Waals surface area contributed by atoms with Crippen molar-refractivity contribution in [2.24, 2.45) is 0 Å². The van der Waals surface area contributed by atoms with Crippen LogP contribution in [0.25, 0.3) is 11.3 Å². The van der Waals surface area contributed by atoms with Gasteiger partial charge in [0.1, 0.15) is 0 Å². The summed E-state index contributed by atoms with van der Waals surface area (Å²) >= 11 is 0. The molecule has 8 nitrogen and oxygen atoms in total. The molecular weight excluding hydrogens is 334 g/mol. The SMILES string of the molecule is O=C(Cc1ccc([N+](=O)[O-])cc1)NCCn1ccc(-c2ccncc2)n1. The second-order valence-corrected chi connectivity index (χ2v) is 5.65. The molecule has 1 amide bonds. The van der Waals surface area contributed by atoms with Crippen molar-refractivity contribution in [2.45, 2.75) is 13.0 Å². The summed E-state index contributed by atoms with van der Waals surface area (Å²) in [6.45, 7) is 1.00. The number of benzene rings is 1. The van der Waals surface area contributed by atoms with Crippen LogP contribution in [0, 0.1) is 10.1 Å². The van der Waals surface area contributed by atoms with Crippen molar-refractivity contribution in [1.82, 2.24) is 20.1 Å². The molecule has 0 bridgehead atoms. The first kappa shape index (κ1) is 17.3. The van der Waals surface area contributed by atoms with Gasteiger partial charge in [0.05, 0.1) is 23.6 Å². The quantitative estimate of drug-likeness (QED) is 0.519. The Labute approximate surface area is 149 Å². The number of hydrogen-bond donors (Lipinski definition) is 1. The second-order valence-electron chi connectivity index (χ2n) is 5.65. The summed E-state index contributed by atoms with van der Waals surface area (Å²) in [6.07, 6.45) is 5.47. The number of nitrogens with one attached hydrogen (secondary N) is 1. The summed E-state index contributed by atoms with van der Waals surface area (Å²) in [5.41, 5.74) is 2.58. The Morgan fingerprint density at radius 2 is 1.85 bits per heavy atom. The lowest BCUT2D eigenvalue weighted by molar-refractivity contribution is -0.384. The van der Waals surface area contributed by atoms with Crippen LogP contribution in [0.2, 0.25) is 0 Å². The number of pyridine rings is 1. The number of rotatable bonds is 7. The van der Waals surface area contributed by atoms with Gasteiger partial charge in [-0.1, -0.05) is 12.1 Å². The average Bonchev–Trinajstić information content (AvgIpc) is 3.12. The average molecular weight is 351 g/mol. The van der Waals surface area contributed by atoms with E-state index < -0.39 is 4.92 Å². The molecule has 0 radical (unpaired) electrons. The molecule has 0 aliphatic rings. The number of carbonyl (C=O) groups excluding carboxylic acids is 1. The van der Waals surface area contributed by atoms with E-state index in [1.165, 1.54) is 12.1 Å². The van der Waals surface area contributed by atoms with Crippen molar-refractivity contribution in [3.05, 3.63) is 76.7 Å². The van der Waals surface area contributed by atoms with Gasteiger partial charge in [-0.05, 0) is 23.8 Å². The van der Waals surface area contributed by atoms with Crippen LogP contribution in [-0.4, -0.2) is 32.1 Å². The minimum atomic E-state index is -0.464. The van der Waals surface area contributed by atoms with E-state index in [4.69, 9.17) is 0 Å². The Morgan fingerprint density at radius 3 is 2.54 bits per heavy atom. The fourth-order valence-corrected chi connectivity index (χ4v) is 2.46. The number of non-ortho nitro benzene ring substituents is 1. The van der Waals surface area contributed by atoms with E-state index in [2.05, 4.69) is 15.4 Å². The summed E-state index contributed by atoms with van der Waals surface area (Å²) in [5, 5.41) is 17.9. The van der Waals surface area contributed by atoms with Gasteiger partial charge >= 0.3 is 0 Å². The molecule has 8 heteroatoms. The molecule has 0 atom stereocenters. The first-order valence-corrected chi connectivity index (χ1v) is 8.06. The van der Waals surface area contributed by atoms with Crippen molar-refractivity contribution in [2.75, 3.05) is 6.54 Å². The predicted octanol–water partition coefficient (Wildman–Crippen LogP) is 2.21. The number of nitro benzene ring substituents is 1. The molecule has 3 aromatic rings. The van der Waals surface area contributed by atoms with Crippen LogP contribution in [0.4, 0.5) is 5.69 Å². The summed E-state index contributed by atoms with van der Waals surface area (Å²) in [7, 11) is 0. The smallest absolute Gasteiger partial charge is 0.269 e. The Morgan fingerprint density at radius 1 is 1.12 bits per heavy atom. The highest BCUT2D eigenvalue weighted by Crippen LogP contribution is 2.15. The van der Waals surface area contributed by atoms with Gasteiger partial charge in [0.25, 0.3) is 5.69 Å². The third kappa shape index (κ3) is 4.50. The molecule has 132 valence electrons. The van der Waals surface area contributed by atoms with Crippen LogP contribution in [-0.2, 0) is 17.8 Å². The molecule has 3 rings (SSSR count). The van der Waals surface area contributed by atoms with Crippen LogP contribution in [0.1, 0.15) is 5.56 Å². The molecule has 0 saturated carbocycles. The summed E-state index contributed by atoms with van der Waals surface area (Å²) in [4.78, 5) is 26.1. The van der Waals surface area contributed by atoms with Crippen molar-refractivity contribution in [3.63, 3.8) is 0 Å². The van der Waals surface area contributed by atoms with E-state index in [-0.39, 0.29) is 18.0 Å². The molecule has 2 aromatic heterocycles. The van der Waals surface area contributed by atoms with E-state index >= 15 is 0 Å². The third-order valence-electron chi connectivity index (χ3n) is 3.79. The van der Waals surface area contributed by atoms with Gasteiger partial charge in [-0.3, -0.25) is 24.6 Å². The van der Waals surface area contributed by atoms with Crippen molar-refractivity contribution in [3.8, 4) is 11.3 Å². The van der Waals surface area contributed by atoms with Gasteiger partial charge in [-0.2, -0.15) is 5.10 Å². The molecule has 1 aromatic carbocycles. The molecule has 2 heterocycles. The number of carbonyl (C=O) groups is 1. The lowest BCUT2D eigenvalue weighted by Crippen LogP contribution is -2.28. The van der Waals surface area contributed by atoms with Gasteiger partial charge in [0.2, 0.25) is 5.91 Å². The van der Waals surface area contributed by atoms with E-state index in [1.54, 1.807) is 29.2 Å². The number of hydrogen-bond acceptors (Lipinski definition) is 5. The van der Waals surface area contributed by atoms with Gasteiger partial charge in [0, 0.05) is 42.8 Å². The fraction of sp³-hybridized carbons (Fsp3) is 0.167. The zero-order valence-corrected chi connectivity index (χ0v) is 13.9. The van der Waals surface area contributed by atoms with Crippen molar-refractivity contribution < 1.29 is 9.72 Å². The Balaban J connectivity index is 1.46. The normalized spacial score (nSPS) is 10.5. The number of nitro groups is 1. The van der Waals surface area contributed by atoms with Crippen molar-refractivity contribution >= 4 is 11.6 Å². The monoisotopic (exact) mass is 351 g/mol. The molecule has 26 heavy (non-hydrogen) atoms. The van der Waals surface area contributed by atoms with Crippen LogP contribution >= 0.6 is 0 Å². The van der Waals surface area contributed by atoms with Gasteiger partial charge in [0.15, 0.2) is 0 Å².